The number of amides is 2. The summed E-state index contributed by atoms with van der Waals surface area (Å²) in [5.74, 6) is -1.37. The summed E-state index contributed by atoms with van der Waals surface area (Å²) in [5, 5.41) is 2.69. The average molecular weight is 583 g/mol. The van der Waals surface area contributed by atoms with E-state index in [1.807, 2.05) is 0 Å². The van der Waals surface area contributed by atoms with Crippen LogP contribution in [0, 0.1) is 5.92 Å². The molecular weight excluding hydrogens is 551 g/mol. The van der Waals surface area contributed by atoms with E-state index in [1.54, 1.807) is 0 Å². The van der Waals surface area contributed by atoms with Gasteiger partial charge in [0.05, 0.1) is 17.6 Å². The molecule has 9 nitrogen and oxygen atoms in total. The number of likely N-dealkylation sites (tertiary alicyclic amines) is 1. The van der Waals surface area contributed by atoms with E-state index < -0.39 is 59.0 Å². The molecule has 3 aliphatic rings. The highest BCUT2D eigenvalue weighted by Gasteiger charge is 2.44. The van der Waals surface area contributed by atoms with E-state index in [-0.39, 0.29) is 38.6 Å². The molecule has 218 valence electrons. The van der Waals surface area contributed by atoms with Crippen LogP contribution in [0.3, 0.4) is 0 Å². The van der Waals surface area contributed by atoms with Crippen molar-refractivity contribution in [2.24, 2.45) is 5.92 Å². The number of benzene rings is 1. The van der Waals surface area contributed by atoms with E-state index in [1.165, 1.54) is 21.3 Å². The third-order valence-corrected chi connectivity index (χ3v) is 9.18. The first-order chi connectivity index (χ1) is 18.4. The number of ether oxygens (including phenoxy) is 1. The van der Waals surface area contributed by atoms with Gasteiger partial charge in [0.15, 0.2) is 0 Å². The van der Waals surface area contributed by atoms with Gasteiger partial charge in [-0.25, -0.2) is 8.78 Å². The summed E-state index contributed by atoms with van der Waals surface area (Å²) in [7, 11) is -3.89. The number of alkyl halides is 5. The lowest BCUT2D eigenvalue weighted by Crippen LogP contribution is -2.60. The van der Waals surface area contributed by atoms with Crippen molar-refractivity contribution in [2.75, 3.05) is 39.3 Å². The van der Waals surface area contributed by atoms with Gasteiger partial charge in [0.2, 0.25) is 11.8 Å². The van der Waals surface area contributed by atoms with Crippen LogP contribution in [0.1, 0.15) is 36.8 Å². The molecule has 0 aromatic heterocycles. The van der Waals surface area contributed by atoms with Crippen LogP contribution in [-0.2, 0) is 37.3 Å². The van der Waals surface area contributed by atoms with E-state index in [0.29, 0.717) is 37.8 Å². The van der Waals surface area contributed by atoms with Crippen molar-refractivity contribution in [3.8, 4) is 0 Å². The van der Waals surface area contributed by atoms with Crippen molar-refractivity contribution in [3.63, 3.8) is 0 Å². The molecular formula is C24H31F5N4O5S. The summed E-state index contributed by atoms with van der Waals surface area (Å²) in [5.41, 5.74) is -0.309. The number of hydrogen-bond donors (Lipinski definition) is 1. The molecule has 1 aromatic carbocycles. The number of halogens is 5. The number of carbonyl (C=O) groups is 2. The van der Waals surface area contributed by atoms with Crippen molar-refractivity contribution in [1.29, 1.82) is 0 Å². The fourth-order valence-electron chi connectivity index (χ4n) is 5.08. The Kier molecular flexibility index (Phi) is 9.13. The lowest BCUT2D eigenvalue weighted by atomic mass is 9.97. The second kappa shape index (κ2) is 12.0. The number of piperidine rings is 1. The van der Waals surface area contributed by atoms with Gasteiger partial charge in [-0.1, -0.05) is 12.1 Å². The lowest BCUT2D eigenvalue weighted by molar-refractivity contribution is -0.142. The van der Waals surface area contributed by atoms with Gasteiger partial charge in [-0.15, -0.1) is 0 Å². The summed E-state index contributed by atoms with van der Waals surface area (Å²) >= 11 is 0. The van der Waals surface area contributed by atoms with E-state index in [9.17, 15) is 40.0 Å². The van der Waals surface area contributed by atoms with Crippen molar-refractivity contribution in [3.05, 3.63) is 35.4 Å². The predicted octanol–water partition coefficient (Wildman–Crippen LogP) is 2.24. The maximum absolute atomic E-state index is 13.4. The summed E-state index contributed by atoms with van der Waals surface area (Å²) in [6.45, 7) is -0.292. The van der Waals surface area contributed by atoms with Crippen LogP contribution in [0.15, 0.2) is 24.3 Å². The third kappa shape index (κ3) is 7.05. The zero-order valence-electron chi connectivity index (χ0n) is 21.1. The minimum absolute atomic E-state index is 0.00279. The summed E-state index contributed by atoms with van der Waals surface area (Å²) in [6, 6.07) is 3.69. The zero-order chi connectivity index (χ0) is 28.4. The molecule has 0 bridgehead atoms. The van der Waals surface area contributed by atoms with Gasteiger partial charge >= 0.3 is 6.18 Å². The Hall–Kier alpha value is -2.36. The molecule has 2 atom stereocenters. The fourth-order valence-corrected chi connectivity index (χ4v) is 6.84. The Labute approximate surface area is 223 Å². The van der Waals surface area contributed by atoms with Gasteiger partial charge in [-0.3, -0.25) is 9.59 Å². The van der Waals surface area contributed by atoms with E-state index in [0.717, 1.165) is 16.4 Å². The summed E-state index contributed by atoms with van der Waals surface area (Å²) in [4.78, 5) is 27.7. The average Bonchev–Trinajstić information content (AvgIpc) is 3.35. The Bertz CT molecular complexity index is 1130. The molecule has 1 N–H and O–H groups in total. The SMILES string of the molecule is O=C(NCc1ccc(C(F)(F)F)cc1)[C@H]1CCCN1C(=O)[C@H]1CCCN(S(=O)(=O)N2CC(OCC(F)F)C2)C1. The first-order valence-electron chi connectivity index (χ1n) is 12.8. The monoisotopic (exact) mass is 582 g/mol. The van der Waals surface area contributed by atoms with Crippen molar-refractivity contribution in [2.45, 2.75) is 57.0 Å². The molecule has 3 heterocycles. The molecule has 3 aliphatic heterocycles. The number of nitrogens with zero attached hydrogens (tertiary/aromatic N) is 3. The summed E-state index contributed by atoms with van der Waals surface area (Å²) in [6.07, 6.45) is -5.76. The van der Waals surface area contributed by atoms with Gasteiger partial charge in [-0.2, -0.15) is 30.2 Å². The van der Waals surface area contributed by atoms with Gasteiger partial charge in [0.25, 0.3) is 16.6 Å². The molecule has 0 radical (unpaired) electrons. The predicted molar refractivity (Wildman–Crippen MR) is 129 cm³/mol. The minimum atomic E-state index is -4.46. The normalized spacial score (nSPS) is 23.7. The van der Waals surface area contributed by atoms with E-state index >= 15 is 0 Å². The smallest absolute Gasteiger partial charge is 0.370 e. The van der Waals surface area contributed by atoms with Crippen molar-refractivity contribution >= 4 is 22.0 Å². The molecule has 0 unspecified atom stereocenters. The maximum Gasteiger partial charge on any atom is 0.416 e. The van der Waals surface area contributed by atoms with Crippen LogP contribution in [0.5, 0.6) is 0 Å². The first kappa shape index (κ1) is 29.6. The van der Waals surface area contributed by atoms with Crippen LogP contribution in [0.2, 0.25) is 0 Å². The molecule has 0 aliphatic carbocycles. The molecule has 2 amide bonds. The standard InChI is InChI=1S/C24H31F5N4O5S/c25-21(26)15-38-19-13-32(14-19)39(36,37)31-9-1-3-17(12-31)23(35)33-10-2-4-20(33)22(34)30-11-16-5-7-18(8-6-16)24(27,28)29/h5-8,17,19-21H,1-4,9-15H2,(H,30,34)/t17-,20+/m0/s1. The molecule has 4 rings (SSSR count). The third-order valence-electron chi connectivity index (χ3n) is 7.24. The second-order valence-electron chi connectivity index (χ2n) is 9.97. The molecule has 1 aromatic rings. The van der Waals surface area contributed by atoms with Crippen LogP contribution < -0.4 is 5.32 Å². The van der Waals surface area contributed by atoms with Crippen LogP contribution in [0.25, 0.3) is 0 Å². The van der Waals surface area contributed by atoms with Crippen LogP contribution in [0.4, 0.5) is 22.0 Å². The number of rotatable bonds is 9. The molecule has 39 heavy (non-hydrogen) atoms. The van der Waals surface area contributed by atoms with Gasteiger partial charge < -0.3 is 15.0 Å². The second-order valence-corrected chi connectivity index (χ2v) is 11.9. The highest BCUT2D eigenvalue weighted by atomic mass is 32.2. The summed E-state index contributed by atoms with van der Waals surface area (Å²) < 4.78 is 96.2. The Morgan fingerprint density at radius 1 is 1.00 bits per heavy atom. The number of nitrogens with one attached hydrogen (secondary N) is 1. The minimum Gasteiger partial charge on any atom is -0.370 e. The first-order valence-corrected chi connectivity index (χ1v) is 14.1. The van der Waals surface area contributed by atoms with Crippen LogP contribution in [-0.4, -0.2) is 91.6 Å². The van der Waals surface area contributed by atoms with Gasteiger partial charge in [0, 0.05) is 39.3 Å². The highest BCUT2D eigenvalue weighted by molar-refractivity contribution is 7.86. The number of hydrogen-bond acceptors (Lipinski definition) is 5. The van der Waals surface area contributed by atoms with E-state index in [2.05, 4.69) is 5.32 Å². The largest absolute Gasteiger partial charge is 0.416 e. The van der Waals surface area contributed by atoms with Gasteiger partial charge in [-0.05, 0) is 43.4 Å². The Morgan fingerprint density at radius 3 is 2.31 bits per heavy atom. The Balaban J connectivity index is 1.30. The molecule has 3 fully saturated rings. The Morgan fingerprint density at radius 2 is 1.67 bits per heavy atom. The quantitative estimate of drug-likeness (QED) is 0.451. The highest BCUT2D eigenvalue weighted by Crippen LogP contribution is 2.30. The van der Waals surface area contributed by atoms with Crippen LogP contribution >= 0.6 is 0 Å². The zero-order valence-corrected chi connectivity index (χ0v) is 21.9. The molecule has 15 heteroatoms. The van der Waals surface area contributed by atoms with E-state index in [4.69, 9.17) is 4.74 Å². The van der Waals surface area contributed by atoms with Gasteiger partial charge in [0.1, 0.15) is 12.6 Å². The fraction of sp³-hybridized carbons (Fsp3) is 0.667. The molecule has 0 saturated carbocycles. The lowest BCUT2D eigenvalue weighted by Gasteiger charge is -2.42. The maximum atomic E-state index is 13.4. The molecule has 0 spiro atoms. The molecule has 3 saturated heterocycles. The topological polar surface area (TPSA) is 99.3 Å². The number of carbonyl (C=O) groups excluding carboxylic acids is 2. The van der Waals surface area contributed by atoms with Crippen molar-refractivity contribution in [1.82, 2.24) is 18.8 Å². The van der Waals surface area contributed by atoms with Crippen molar-refractivity contribution < 1.29 is 44.7 Å².